The van der Waals surface area contributed by atoms with Gasteiger partial charge in [0, 0.05) is 19.4 Å². The first-order valence-corrected chi connectivity index (χ1v) is 3.71. The number of hydrogen-bond acceptors (Lipinski definition) is 2. The summed E-state index contributed by atoms with van der Waals surface area (Å²) >= 11 is 0. The molecule has 2 heterocycles. The van der Waals surface area contributed by atoms with Crippen molar-refractivity contribution in [1.29, 1.82) is 0 Å². The predicted octanol–water partition coefficient (Wildman–Crippen LogP) is 1.59. The topological polar surface area (TPSA) is 16.1 Å². The lowest BCUT2D eigenvalue weighted by Crippen LogP contribution is -2.15. The van der Waals surface area contributed by atoms with Crippen molar-refractivity contribution in [2.45, 2.75) is 6.42 Å². The second kappa shape index (κ2) is 2.38. The molecule has 11 heavy (non-hydrogen) atoms. The van der Waals surface area contributed by atoms with Crippen LogP contribution in [0.4, 0.5) is 5.82 Å². The summed E-state index contributed by atoms with van der Waals surface area (Å²) in [5, 5.41) is 0. The van der Waals surface area contributed by atoms with E-state index in [1.807, 2.05) is 24.2 Å². The van der Waals surface area contributed by atoms with E-state index in [1.54, 1.807) is 0 Å². The van der Waals surface area contributed by atoms with Gasteiger partial charge in [-0.15, -0.1) is 0 Å². The molecular weight excluding hydrogens is 136 g/mol. The van der Waals surface area contributed by atoms with Crippen LogP contribution in [0, 0.1) is 0 Å². The number of aromatic nitrogens is 1. The minimum absolute atomic E-state index is 1.01. The van der Waals surface area contributed by atoms with Crippen LogP contribution in [0.15, 0.2) is 30.6 Å². The average molecular weight is 146 g/mol. The number of allylic oxidation sites excluding steroid dienone is 1. The first-order valence-electron chi connectivity index (χ1n) is 3.71. The number of nitrogens with zero attached hydrogens (tertiary/aromatic N) is 2. The normalized spacial score (nSPS) is 14.8. The quantitative estimate of drug-likeness (QED) is 0.552. The minimum Gasteiger partial charge on any atom is -0.336 e. The highest BCUT2D eigenvalue weighted by Crippen LogP contribution is 2.20. The zero-order valence-corrected chi connectivity index (χ0v) is 6.49. The largest absolute Gasteiger partial charge is 0.336 e. The van der Waals surface area contributed by atoms with E-state index in [0.717, 1.165) is 12.2 Å². The highest BCUT2D eigenvalue weighted by molar-refractivity contribution is 5.51. The summed E-state index contributed by atoms with van der Waals surface area (Å²) in [5.41, 5.74) is 1.30. The minimum atomic E-state index is 1.01. The van der Waals surface area contributed by atoms with E-state index < -0.39 is 0 Å². The van der Waals surface area contributed by atoms with E-state index in [4.69, 9.17) is 0 Å². The Morgan fingerprint density at radius 1 is 1.55 bits per heavy atom. The van der Waals surface area contributed by atoms with Gasteiger partial charge >= 0.3 is 0 Å². The van der Waals surface area contributed by atoms with Crippen molar-refractivity contribution in [3.05, 3.63) is 36.2 Å². The molecule has 0 saturated heterocycles. The molecule has 0 spiro atoms. The molecule has 0 amide bonds. The predicted molar refractivity (Wildman–Crippen MR) is 45.5 cm³/mol. The molecule has 56 valence electrons. The van der Waals surface area contributed by atoms with Gasteiger partial charge in [0.05, 0.1) is 0 Å². The monoisotopic (exact) mass is 146 g/mol. The maximum atomic E-state index is 4.27. The van der Waals surface area contributed by atoms with Gasteiger partial charge < -0.3 is 4.90 Å². The second-order valence-electron chi connectivity index (χ2n) is 2.69. The summed E-state index contributed by atoms with van der Waals surface area (Å²) in [6, 6.07) is 4.09. The van der Waals surface area contributed by atoms with Gasteiger partial charge in [-0.2, -0.15) is 0 Å². The highest BCUT2D eigenvalue weighted by atomic mass is 15.1. The van der Waals surface area contributed by atoms with Crippen molar-refractivity contribution in [2.24, 2.45) is 0 Å². The SMILES string of the molecule is CN1C=CCc2cccnc21. The van der Waals surface area contributed by atoms with Crippen molar-refractivity contribution in [3.8, 4) is 0 Å². The van der Waals surface area contributed by atoms with Crippen molar-refractivity contribution in [3.63, 3.8) is 0 Å². The van der Waals surface area contributed by atoms with Crippen molar-refractivity contribution >= 4 is 5.82 Å². The first-order chi connectivity index (χ1) is 5.38. The van der Waals surface area contributed by atoms with Crippen LogP contribution in [-0.2, 0) is 6.42 Å². The summed E-state index contributed by atoms with van der Waals surface area (Å²) in [6.07, 6.45) is 7.03. The molecular formula is C9H10N2. The Kier molecular flexibility index (Phi) is 1.39. The third-order valence-electron chi connectivity index (χ3n) is 1.87. The lowest BCUT2D eigenvalue weighted by Gasteiger charge is -2.19. The average Bonchev–Trinajstić information content (AvgIpc) is 2.06. The van der Waals surface area contributed by atoms with Gasteiger partial charge in [0.2, 0.25) is 0 Å². The molecule has 0 unspecified atom stereocenters. The molecule has 2 nitrogen and oxygen atoms in total. The van der Waals surface area contributed by atoms with Crippen molar-refractivity contribution in [2.75, 3.05) is 11.9 Å². The zero-order valence-electron chi connectivity index (χ0n) is 6.49. The van der Waals surface area contributed by atoms with Crippen molar-refractivity contribution < 1.29 is 0 Å². The molecule has 0 fully saturated rings. The van der Waals surface area contributed by atoms with Gasteiger partial charge in [-0.3, -0.25) is 0 Å². The fraction of sp³-hybridized carbons (Fsp3) is 0.222. The van der Waals surface area contributed by atoms with E-state index in [-0.39, 0.29) is 0 Å². The maximum Gasteiger partial charge on any atom is 0.135 e. The lowest BCUT2D eigenvalue weighted by atomic mass is 10.1. The Hall–Kier alpha value is -1.31. The Labute approximate surface area is 66.2 Å². The van der Waals surface area contributed by atoms with Crippen LogP contribution < -0.4 is 4.90 Å². The number of pyridine rings is 1. The lowest BCUT2D eigenvalue weighted by molar-refractivity contribution is 1.03. The smallest absolute Gasteiger partial charge is 0.135 e. The van der Waals surface area contributed by atoms with Gasteiger partial charge in [0.25, 0.3) is 0 Å². The van der Waals surface area contributed by atoms with Gasteiger partial charge in [0.15, 0.2) is 0 Å². The first kappa shape index (κ1) is 6.40. The summed E-state index contributed by atoms with van der Waals surface area (Å²) in [6.45, 7) is 0. The van der Waals surface area contributed by atoms with Gasteiger partial charge in [-0.1, -0.05) is 12.1 Å². The Morgan fingerprint density at radius 3 is 3.27 bits per heavy atom. The molecule has 0 aliphatic carbocycles. The summed E-state index contributed by atoms with van der Waals surface area (Å²) in [7, 11) is 2.02. The highest BCUT2D eigenvalue weighted by Gasteiger charge is 2.08. The summed E-state index contributed by atoms with van der Waals surface area (Å²) in [5.74, 6) is 1.08. The number of anilines is 1. The van der Waals surface area contributed by atoms with Crippen LogP contribution in [0.3, 0.4) is 0 Å². The van der Waals surface area contributed by atoms with Crippen molar-refractivity contribution in [1.82, 2.24) is 4.98 Å². The Balaban J connectivity index is 2.50. The molecule has 2 heteroatoms. The summed E-state index contributed by atoms with van der Waals surface area (Å²) < 4.78 is 0. The maximum absolute atomic E-state index is 4.27. The number of rotatable bonds is 0. The Bertz CT molecular complexity index is 291. The molecule has 0 N–H and O–H groups in total. The van der Waals surface area contributed by atoms with Crippen LogP contribution in [-0.4, -0.2) is 12.0 Å². The molecule has 0 aromatic carbocycles. The molecule has 1 aliphatic heterocycles. The third kappa shape index (κ3) is 1.00. The van der Waals surface area contributed by atoms with E-state index in [9.17, 15) is 0 Å². The van der Waals surface area contributed by atoms with Crippen LogP contribution >= 0.6 is 0 Å². The van der Waals surface area contributed by atoms with Gasteiger partial charge in [0.1, 0.15) is 5.82 Å². The Morgan fingerprint density at radius 2 is 2.45 bits per heavy atom. The molecule has 1 aromatic rings. The van der Waals surface area contributed by atoms with Gasteiger partial charge in [-0.25, -0.2) is 4.98 Å². The molecule has 0 atom stereocenters. The fourth-order valence-corrected chi connectivity index (χ4v) is 1.32. The van der Waals surface area contributed by atoms with E-state index in [1.165, 1.54) is 5.56 Å². The van der Waals surface area contributed by atoms with E-state index >= 15 is 0 Å². The molecule has 0 saturated carbocycles. The summed E-state index contributed by atoms with van der Waals surface area (Å²) in [4.78, 5) is 6.32. The van der Waals surface area contributed by atoms with E-state index in [2.05, 4.69) is 23.3 Å². The molecule has 1 aromatic heterocycles. The second-order valence-corrected chi connectivity index (χ2v) is 2.69. The fourth-order valence-electron chi connectivity index (χ4n) is 1.32. The molecule has 1 aliphatic rings. The van der Waals surface area contributed by atoms with Crippen LogP contribution in [0.5, 0.6) is 0 Å². The van der Waals surface area contributed by atoms with Crippen LogP contribution in [0.1, 0.15) is 5.56 Å². The van der Waals surface area contributed by atoms with Crippen LogP contribution in [0.25, 0.3) is 0 Å². The zero-order chi connectivity index (χ0) is 7.68. The van der Waals surface area contributed by atoms with Gasteiger partial charge in [-0.05, 0) is 18.1 Å². The van der Waals surface area contributed by atoms with E-state index in [0.29, 0.717) is 0 Å². The number of fused-ring (bicyclic) bond motifs is 1. The standard InChI is InChI=1S/C9H10N2/c1-11-7-3-5-8-4-2-6-10-9(8)11/h2-4,6-7H,5H2,1H3. The molecule has 2 rings (SSSR count). The molecule has 0 bridgehead atoms. The molecule has 0 radical (unpaired) electrons. The number of hydrogen-bond donors (Lipinski definition) is 0. The third-order valence-corrected chi connectivity index (χ3v) is 1.87. The van der Waals surface area contributed by atoms with Crippen LogP contribution in [0.2, 0.25) is 0 Å².